The quantitative estimate of drug-likeness (QED) is 0.432. The molecular formula is C14H10INO3. The molecule has 4 rings (SSSR count). The van der Waals surface area contributed by atoms with Gasteiger partial charge in [0, 0.05) is 3.57 Å². The van der Waals surface area contributed by atoms with Crippen molar-refractivity contribution in [2.75, 3.05) is 4.90 Å². The third kappa shape index (κ3) is 1.42. The lowest BCUT2D eigenvalue weighted by molar-refractivity contribution is -0.124. The van der Waals surface area contributed by atoms with Gasteiger partial charge in [-0.15, -0.1) is 0 Å². The lowest BCUT2D eigenvalue weighted by atomic mass is 9.85. The fraction of sp³-hybridized carbons (Fsp3) is 0.286. The van der Waals surface area contributed by atoms with Gasteiger partial charge >= 0.3 is 0 Å². The van der Waals surface area contributed by atoms with E-state index in [0.717, 1.165) is 3.57 Å². The highest BCUT2D eigenvalue weighted by atomic mass is 127. The maximum Gasteiger partial charge on any atom is 0.240 e. The highest BCUT2D eigenvalue weighted by molar-refractivity contribution is 14.1. The molecule has 1 aromatic carbocycles. The van der Waals surface area contributed by atoms with E-state index in [2.05, 4.69) is 22.6 Å². The normalized spacial score (nSPS) is 35.3. The summed E-state index contributed by atoms with van der Waals surface area (Å²) in [6.07, 6.45) is 3.35. The number of amides is 2. The second-order valence-corrected chi connectivity index (χ2v) is 6.13. The molecule has 0 N–H and O–H groups in total. The summed E-state index contributed by atoms with van der Waals surface area (Å²) < 4.78 is 6.52. The van der Waals surface area contributed by atoms with E-state index in [1.807, 2.05) is 36.4 Å². The molecule has 3 aliphatic rings. The first kappa shape index (κ1) is 11.6. The Bertz CT molecular complexity index is 597. The molecule has 2 bridgehead atoms. The summed E-state index contributed by atoms with van der Waals surface area (Å²) in [7, 11) is 0. The van der Waals surface area contributed by atoms with Crippen molar-refractivity contribution in [1.29, 1.82) is 0 Å². The molecule has 0 aromatic heterocycles. The summed E-state index contributed by atoms with van der Waals surface area (Å²) in [4.78, 5) is 26.4. The van der Waals surface area contributed by atoms with Gasteiger partial charge in [0.2, 0.25) is 11.8 Å². The Morgan fingerprint density at radius 1 is 1.00 bits per heavy atom. The van der Waals surface area contributed by atoms with Crippen LogP contribution in [-0.4, -0.2) is 24.0 Å². The third-order valence-corrected chi connectivity index (χ3v) is 4.92. The first-order valence-electron chi connectivity index (χ1n) is 6.14. The summed E-state index contributed by atoms with van der Waals surface area (Å²) in [6, 6.07) is 7.45. The molecule has 5 heteroatoms. The van der Waals surface area contributed by atoms with Gasteiger partial charge in [-0.1, -0.05) is 24.3 Å². The maximum absolute atomic E-state index is 12.5. The van der Waals surface area contributed by atoms with Crippen molar-refractivity contribution in [2.45, 2.75) is 12.2 Å². The number of benzene rings is 1. The number of rotatable bonds is 1. The lowest BCUT2D eigenvalue weighted by Gasteiger charge is -2.18. The van der Waals surface area contributed by atoms with Crippen LogP contribution in [0, 0.1) is 15.4 Å². The molecule has 0 saturated carbocycles. The van der Waals surface area contributed by atoms with Gasteiger partial charge in [-0.3, -0.25) is 9.59 Å². The fourth-order valence-electron chi connectivity index (χ4n) is 3.17. The topological polar surface area (TPSA) is 46.6 Å². The van der Waals surface area contributed by atoms with E-state index in [1.165, 1.54) is 4.90 Å². The molecule has 2 fully saturated rings. The first-order chi connectivity index (χ1) is 9.18. The number of hydrogen-bond donors (Lipinski definition) is 0. The molecule has 0 unspecified atom stereocenters. The van der Waals surface area contributed by atoms with Crippen molar-refractivity contribution < 1.29 is 14.3 Å². The first-order valence-corrected chi connectivity index (χ1v) is 7.22. The number of hydrogen-bond acceptors (Lipinski definition) is 3. The number of fused-ring (bicyclic) bond motifs is 5. The van der Waals surface area contributed by atoms with Crippen molar-refractivity contribution in [3.8, 4) is 0 Å². The zero-order valence-corrected chi connectivity index (χ0v) is 12.0. The van der Waals surface area contributed by atoms with Crippen LogP contribution in [0.4, 0.5) is 5.69 Å². The molecule has 0 aliphatic carbocycles. The molecule has 2 saturated heterocycles. The smallest absolute Gasteiger partial charge is 0.240 e. The van der Waals surface area contributed by atoms with Crippen LogP contribution in [0.2, 0.25) is 0 Å². The Balaban J connectivity index is 1.79. The molecule has 4 atom stereocenters. The second kappa shape index (κ2) is 3.89. The number of carbonyl (C=O) groups excluding carboxylic acids is 2. The molecule has 96 valence electrons. The lowest BCUT2D eigenvalue weighted by Crippen LogP contribution is -2.34. The van der Waals surface area contributed by atoms with Gasteiger partial charge in [-0.2, -0.15) is 0 Å². The maximum atomic E-state index is 12.5. The van der Waals surface area contributed by atoms with Crippen molar-refractivity contribution in [2.24, 2.45) is 11.8 Å². The minimum atomic E-state index is -0.335. The monoisotopic (exact) mass is 367 g/mol. The number of halogens is 1. The molecule has 0 radical (unpaired) electrons. The zero-order chi connectivity index (χ0) is 13.1. The Labute approximate surface area is 123 Å². The van der Waals surface area contributed by atoms with Crippen LogP contribution in [0.25, 0.3) is 0 Å². The van der Waals surface area contributed by atoms with E-state index in [9.17, 15) is 9.59 Å². The van der Waals surface area contributed by atoms with Crippen LogP contribution in [0.1, 0.15) is 0 Å². The summed E-state index contributed by atoms with van der Waals surface area (Å²) >= 11 is 2.15. The van der Waals surface area contributed by atoms with Crippen LogP contribution in [0.15, 0.2) is 36.4 Å². The molecule has 0 spiro atoms. The average Bonchev–Trinajstić information content (AvgIpc) is 3.06. The van der Waals surface area contributed by atoms with Gasteiger partial charge < -0.3 is 4.74 Å². The Morgan fingerprint density at radius 2 is 1.58 bits per heavy atom. The van der Waals surface area contributed by atoms with Crippen molar-refractivity contribution >= 4 is 40.1 Å². The molecule has 3 heterocycles. The Hall–Kier alpha value is -1.21. The number of carbonyl (C=O) groups is 2. The average molecular weight is 367 g/mol. The van der Waals surface area contributed by atoms with E-state index >= 15 is 0 Å². The van der Waals surface area contributed by atoms with E-state index in [-0.39, 0.29) is 35.9 Å². The number of imide groups is 1. The van der Waals surface area contributed by atoms with Crippen molar-refractivity contribution in [3.05, 3.63) is 40.0 Å². The van der Waals surface area contributed by atoms with Gasteiger partial charge in [0.25, 0.3) is 0 Å². The molecular weight excluding hydrogens is 357 g/mol. The Morgan fingerprint density at radius 3 is 2.16 bits per heavy atom. The van der Waals surface area contributed by atoms with Gasteiger partial charge in [0.15, 0.2) is 0 Å². The van der Waals surface area contributed by atoms with Crippen molar-refractivity contribution in [3.63, 3.8) is 0 Å². The van der Waals surface area contributed by atoms with Gasteiger partial charge in [-0.05, 0) is 34.7 Å². The highest BCUT2D eigenvalue weighted by Crippen LogP contribution is 2.46. The molecule has 19 heavy (non-hydrogen) atoms. The third-order valence-electron chi connectivity index (χ3n) is 4.00. The number of para-hydroxylation sites is 1. The van der Waals surface area contributed by atoms with E-state index in [1.54, 1.807) is 0 Å². The zero-order valence-electron chi connectivity index (χ0n) is 9.82. The molecule has 3 aliphatic heterocycles. The number of nitrogens with zero attached hydrogens (tertiary/aromatic N) is 1. The predicted molar refractivity (Wildman–Crippen MR) is 76.4 cm³/mol. The minimum Gasteiger partial charge on any atom is -0.365 e. The van der Waals surface area contributed by atoms with Crippen LogP contribution in [-0.2, 0) is 14.3 Å². The molecule has 4 nitrogen and oxygen atoms in total. The summed E-state index contributed by atoms with van der Waals surface area (Å²) in [5, 5.41) is 0. The molecule has 2 amide bonds. The van der Waals surface area contributed by atoms with E-state index in [0.29, 0.717) is 5.69 Å². The van der Waals surface area contributed by atoms with Gasteiger partial charge in [0.05, 0.1) is 29.7 Å². The van der Waals surface area contributed by atoms with Crippen LogP contribution in [0.5, 0.6) is 0 Å². The van der Waals surface area contributed by atoms with Gasteiger partial charge in [-0.25, -0.2) is 4.90 Å². The SMILES string of the molecule is O=C1[C@@H]2[C@H](C(=O)N1c1ccccc1I)[C@H]1C=C[C@@H]2O1. The van der Waals surface area contributed by atoms with Gasteiger partial charge in [0.1, 0.15) is 0 Å². The Kier molecular flexibility index (Phi) is 2.38. The molecule has 1 aromatic rings. The minimum absolute atomic E-state index is 0.129. The van der Waals surface area contributed by atoms with Crippen molar-refractivity contribution in [1.82, 2.24) is 0 Å². The highest BCUT2D eigenvalue weighted by Gasteiger charge is 2.61. The fourth-order valence-corrected chi connectivity index (χ4v) is 3.80. The standard InChI is InChI=1S/C14H10INO3/c15-7-3-1-2-4-8(7)16-13(17)11-9-5-6-10(19-9)12(11)14(16)18/h1-6,9-12H/t9-,10+,11-,12+. The largest absolute Gasteiger partial charge is 0.365 e. The van der Waals surface area contributed by atoms with E-state index in [4.69, 9.17) is 4.74 Å². The summed E-state index contributed by atoms with van der Waals surface area (Å²) in [6.45, 7) is 0. The van der Waals surface area contributed by atoms with E-state index < -0.39 is 0 Å². The van der Waals surface area contributed by atoms with Crippen LogP contribution < -0.4 is 4.90 Å². The number of anilines is 1. The summed E-state index contributed by atoms with van der Waals surface area (Å²) in [5.74, 6) is -0.927. The number of ether oxygens (including phenoxy) is 1. The summed E-state index contributed by atoms with van der Waals surface area (Å²) in [5.41, 5.74) is 0.687. The second-order valence-electron chi connectivity index (χ2n) is 4.97. The van der Waals surface area contributed by atoms with Crippen LogP contribution in [0.3, 0.4) is 0 Å². The predicted octanol–water partition coefficient (Wildman–Crippen LogP) is 1.73. The van der Waals surface area contributed by atoms with Crippen LogP contribution >= 0.6 is 22.6 Å².